The molecule has 0 N–H and O–H groups in total. The van der Waals surface area contributed by atoms with Gasteiger partial charge in [-0.15, -0.1) is 0 Å². The number of ether oxygens (including phenoxy) is 3. The maximum Gasteiger partial charge on any atom is 0.0940 e. The van der Waals surface area contributed by atoms with Crippen molar-refractivity contribution in [3.8, 4) is 0 Å². The molecule has 0 spiro atoms. The van der Waals surface area contributed by atoms with E-state index in [1.807, 2.05) is 0 Å². The molecule has 2 aromatic rings. The summed E-state index contributed by atoms with van der Waals surface area (Å²) in [6, 6.07) is 18.0. The van der Waals surface area contributed by atoms with E-state index < -0.39 is 0 Å². The first-order chi connectivity index (χ1) is 28.2. The first kappa shape index (κ1) is 47.9. The maximum absolute atomic E-state index is 7.13. The topological polar surface area (TPSA) is 34.2 Å². The number of fused-ring (bicyclic) bond motifs is 2. The van der Waals surface area contributed by atoms with Crippen LogP contribution in [0.25, 0.3) is 0 Å². The molecule has 0 amide bonds. The zero-order valence-electron chi connectivity index (χ0n) is 37.3. The molecule has 0 aliphatic carbocycles. The van der Waals surface area contributed by atoms with E-state index in [0.717, 1.165) is 78.2 Å². The van der Waals surface area contributed by atoms with Gasteiger partial charge in [-0.2, -0.15) is 0 Å². The number of rotatable bonds is 36. The van der Waals surface area contributed by atoms with Crippen molar-refractivity contribution >= 4 is 0 Å². The van der Waals surface area contributed by atoms with Gasteiger partial charge in [0, 0.05) is 52.5 Å². The highest BCUT2D eigenvalue weighted by Crippen LogP contribution is 2.22. The third-order valence-corrected chi connectivity index (χ3v) is 12.6. The van der Waals surface area contributed by atoms with Gasteiger partial charge in [-0.25, -0.2) is 0 Å². The Hall–Kier alpha value is -1.76. The summed E-state index contributed by atoms with van der Waals surface area (Å²) in [7, 11) is 0. The molecule has 2 aliphatic heterocycles. The van der Waals surface area contributed by atoms with Crippen LogP contribution in [0.3, 0.4) is 0 Å². The zero-order chi connectivity index (χ0) is 39.9. The quantitative estimate of drug-likeness (QED) is 0.0643. The summed E-state index contributed by atoms with van der Waals surface area (Å²) in [6.07, 6.45) is 35.1. The molecule has 5 nitrogen and oxygen atoms in total. The molecule has 4 rings (SSSR count). The molecule has 0 saturated carbocycles. The van der Waals surface area contributed by atoms with E-state index in [1.54, 1.807) is 0 Å². The average Bonchev–Trinajstić information content (AvgIpc) is 3.23. The van der Waals surface area contributed by atoms with E-state index in [1.165, 1.54) is 164 Å². The Morgan fingerprint density at radius 1 is 0.421 bits per heavy atom. The molecule has 0 radical (unpaired) electrons. The van der Waals surface area contributed by atoms with Gasteiger partial charge >= 0.3 is 0 Å². The van der Waals surface area contributed by atoms with E-state index in [-0.39, 0.29) is 12.2 Å². The molecule has 2 aliphatic rings. The highest BCUT2D eigenvalue weighted by Gasteiger charge is 2.26. The molecule has 0 saturated heterocycles. The summed E-state index contributed by atoms with van der Waals surface area (Å²) in [5, 5.41) is 0. The number of hydrogen-bond acceptors (Lipinski definition) is 5. The van der Waals surface area contributed by atoms with Crippen LogP contribution in [0.1, 0.15) is 190 Å². The van der Waals surface area contributed by atoms with Gasteiger partial charge < -0.3 is 14.2 Å². The number of unbranched alkanes of at least 4 members (excludes halogenated alkanes) is 22. The van der Waals surface area contributed by atoms with E-state index in [9.17, 15) is 0 Å². The minimum absolute atomic E-state index is 0.0323. The van der Waals surface area contributed by atoms with Crippen LogP contribution in [0.15, 0.2) is 48.5 Å². The standard InChI is InChI=1S/C52H88N2O3/c1-3-5-7-9-11-13-15-17-19-21-23-29-39-55-45-51(43-53-37-35-47-31-25-27-33-49(47)41-53)57-52(44-54-38-36-48-32-26-28-34-50(48)42-54)46-56-40-30-24-22-20-18-16-14-12-10-8-6-4-2/h25-28,31-34,51-52H,3-24,29-30,35-46H2,1-2H3. The third-order valence-electron chi connectivity index (χ3n) is 12.6. The number of benzene rings is 2. The van der Waals surface area contributed by atoms with Crippen molar-refractivity contribution in [1.82, 2.24) is 9.80 Å². The van der Waals surface area contributed by atoms with Gasteiger partial charge in [0.25, 0.3) is 0 Å². The average molecular weight is 789 g/mol. The van der Waals surface area contributed by atoms with Crippen molar-refractivity contribution in [3.05, 3.63) is 70.8 Å². The largest absolute Gasteiger partial charge is 0.379 e. The molecule has 0 fully saturated rings. The molecule has 324 valence electrons. The summed E-state index contributed by atoms with van der Waals surface area (Å²) in [5.41, 5.74) is 5.94. The first-order valence-corrected chi connectivity index (χ1v) is 24.6. The molecule has 5 heteroatoms. The lowest BCUT2D eigenvalue weighted by molar-refractivity contribution is -0.105. The predicted octanol–water partition coefficient (Wildman–Crippen LogP) is 13.3. The van der Waals surface area contributed by atoms with Crippen LogP contribution in [0, 0.1) is 0 Å². The van der Waals surface area contributed by atoms with E-state index in [2.05, 4.69) is 72.2 Å². The minimum Gasteiger partial charge on any atom is -0.379 e. The number of hydrogen-bond donors (Lipinski definition) is 0. The van der Waals surface area contributed by atoms with Crippen LogP contribution in [0.2, 0.25) is 0 Å². The molecule has 0 aromatic heterocycles. The minimum atomic E-state index is 0.0323. The van der Waals surface area contributed by atoms with Crippen LogP contribution in [-0.4, -0.2) is 74.6 Å². The monoisotopic (exact) mass is 789 g/mol. The molecule has 2 aromatic carbocycles. The Balaban J connectivity index is 1.22. The maximum atomic E-state index is 7.13. The van der Waals surface area contributed by atoms with Gasteiger partial charge in [0.15, 0.2) is 0 Å². The molecule has 0 bridgehead atoms. The molecule has 2 heterocycles. The van der Waals surface area contributed by atoms with Crippen molar-refractivity contribution in [2.75, 3.05) is 52.6 Å². The zero-order valence-corrected chi connectivity index (χ0v) is 37.3. The van der Waals surface area contributed by atoms with Gasteiger partial charge in [0.1, 0.15) is 0 Å². The fraction of sp³-hybridized carbons (Fsp3) is 0.769. The highest BCUT2D eigenvalue weighted by atomic mass is 16.6. The smallest absolute Gasteiger partial charge is 0.0940 e. The second kappa shape index (κ2) is 32.1. The van der Waals surface area contributed by atoms with Crippen molar-refractivity contribution in [2.24, 2.45) is 0 Å². The SMILES string of the molecule is CCCCCCCCCCCCCCOCC(CN1CCc2ccccc2C1)OC(COCCCCCCCCCCCCCC)CN1CCc2ccccc2C1. The molecular weight excluding hydrogens is 701 g/mol. The second-order valence-corrected chi connectivity index (χ2v) is 17.8. The summed E-state index contributed by atoms with van der Waals surface area (Å²) in [6.45, 7) is 13.6. The predicted molar refractivity (Wildman–Crippen MR) is 243 cm³/mol. The van der Waals surface area contributed by atoms with Crippen LogP contribution < -0.4 is 0 Å². The molecule has 2 atom stereocenters. The Bertz CT molecular complexity index is 1140. The Kier molecular flexibility index (Phi) is 27.0. The van der Waals surface area contributed by atoms with Gasteiger partial charge in [0.2, 0.25) is 0 Å². The van der Waals surface area contributed by atoms with E-state index in [4.69, 9.17) is 14.2 Å². The summed E-state index contributed by atoms with van der Waals surface area (Å²) >= 11 is 0. The van der Waals surface area contributed by atoms with E-state index >= 15 is 0 Å². The Morgan fingerprint density at radius 2 is 0.737 bits per heavy atom. The Morgan fingerprint density at radius 3 is 1.09 bits per heavy atom. The first-order valence-electron chi connectivity index (χ1n) is 24.6. The Labute approximate surface area is 352 Å². The van der Waals surface area contributed by atoms with Crippen molar-refractivity contribution < 1.29 is 14.2 Å². The normalized spacial score (nSPS) is 15.8. The molecule has 57 heavy (non-hydrogen) atoms. The lowest BCUT2D eigenvalue weighted by Gasteiger charge is -2.36. The lowest BCUT2D eigenvalue weighted by atomic mass is 9.99. The fourth-order valence-electron chi connectivity index (χ4n) is 9.06. The molecular formula is C52H88N2O3. The van der Waals surface area contributed by atoms with Gasteiger partial charge in [-0.1, -0.05) is 204 Å². The summed E-state index contributed by atoms with van der Waals surface area (Å²) in [5.74, 6) is 0. The van der Waals surface area contributed by atoms with Gasteiger partial charge in [-0.05, 0) is 47.9 Å². The highest BCUT2D eigenvalue weighted by molar-refractivity contribution is 5.30. The van der Waals surface area contributed by atoms with Crippen LogP contribution >= 0.6 is 0 Å². The lowest BCUT2D eigenvalue weighted by Crippen LogP contribution is -2.45. The number of nitrogens with zero attached hydrogens (tertiary/aromatic N) is 2. The van der Waals surface area contributed by atoms with Gasteiger partial charge in [-0.3, -0.25) is 9.80 Å². The summed E-state index contributed by atoms with van der Waals surface area (Å²) < 4.78 is 20.0. The third kappa shape index (κ3) is 21.9. The van der Waals surface area contributed by atoms with Crippen LogP contribution in [0.4, 0.5) is 0 Å². The van der Waals surface area contributed by atoms with Crippen molar-refractivity contribution in [3.63, 3.8) is 0 Å². The van der Waals surface area contributed by atoms with Crippen LogP contribution in [-0.2, 0) is 40.1 Å². The molecule has 2 unspecified atom stereocenters. The second-order valence-electron chi connectivity index (χ2n) is 17.8. The van der Waals surface area contributed by atoms with E-state index in [0.29, 0.717) is 13.2 Å². The fourth-order valence-corrected chi connectivity index (χ4v) is 9.06. The summed E-state index contributed by atoms with van der Waals surface area (Å²) in [4.78, 5) is 5.20. The van der Waals surface area contributed by atoms with Crippen LogP contribution in [0.5, 0.6) is 0 Å². The van der Waals surface area contributed by atoms with Gasteiger partial charge in [0.05, 0.1) is 25.4 Å². The van der Waals surface area contributed by atoms with Crippen molar-refractivity contribution in [1.29, 1.82) is 0 Å². The van der Waals surface area contributed by atoms with Crippen molar-refractivity contribution in [2.45, 2.75) is 206 Å².